The highest BCUT2D eigenvalue weighted by molar-refractivity contribution is 5.56. The second-order valence-electron chi connectivity index (χ2n) is 6.92. The first kappa shape index (κ1) is 14.9. The summed E-state index contributed by atoms with van der Waals surface area (Å²) in [7, 11) is 2.19. The summed E-state index contributed by atoms with van der Waals surface area (Å²) >= 11 is 0. The van der Waals surface area contributed by atoms with Crippen LogP contribution in [0.1, 0.15) is 43.4 Å². The Hall–Kier alpha value is -1.06. The van der Waals surface area contributed by atoms with Crippen molar-refractivity contribution >= 4 is 5.69 Å². The molecule has 0 saturated heterocycles. The number of nitrogens with zero attached hydrogens (tertiary/aromatic N) is 1. The van der Waals surface area contributed by atoms with Gasteiger partial charge in [0.05, 0.1) is 0 Å². The van der Waals surface area contributed by atoms with E-state index in [1.54, 1.807) is 0 Å². The largest absolute Gasteiger partial charge is 0.374 e. The molecule has 0 aromatic heterocycles. The topological polar surface area (TPSA) is 41.3 Å². The molecule has 3 heteroatoms. The van der Waals surface area contributed by atoms with E-state index in [0.717, 1.165) is 18.4 Å². The summed E-state index contributed by atoms with van der Waals surface area (Å²) in [6.45, 7) is 5.29. The third-order valence-corrected chi connectivity index (χ3v) is 5.21. The lowest BCUT2D eigenvalue weighted by Gasteiger charge is -2.29. The molecule has 2 unspecified atom stereocenters. The molecule has 1 heterocycles. The van der Waals surface area contributed by atoms with E-state index in [4.69, 9.17) is 5.73 Å². The molecule has 0 radical (unpaired) electrons. The molecule has 0 spiro atoms. The number of hydrogen-bond acceptors (Lipinski definition) is 3. The van der Waals surface area contributed by atoms with Crippen LogP contribution in [0, 0.1) is 11.8 Å². The summed E-state index contributed by atoms with van der Waals surface area (Å²) in [6, 6.07) is 7.20. The first-order valence-electron chi connectivity index (χ1n) is 8.46. The standard InChI is InChI=1S/C18H29N3/c1-13(14-5-6-14)12-20-17(11-19)15-7-8-18-16(10-15)4-3-9-21(18)2/h7-8,10,13-14,17,20H,3-6,9,11-12,19H2,1-2H3. The van der Waals surface area contributed by atoms with Crippen molar-refractivity contribution < 1.29 is 0 Å². The Kier molecular flexibility index (Phi) is 4.51. The number of rotatable bonds is 6. The molecular formula is C18H29N3. The molecule has 1 aliphatic carbocycles. The Morgan fingerprint density at radius 2 is 2.19 bits per heavy atom. The van der Waals surface area contributed by atoms with Gasteiger partial charge < -0.3 is 16.0 Å². The third kappa shape index (κ3) is 3.41. The van der Waals surface area contributed by atoms with Crippen LogP contribution in [0.25, 0.3) is 0 Å². The van der Waals surface area contributed by atoms with Crippen molar-refractivity contribution in [2.24, 2.45) is 17.6 Å². The molecule has 116 valence electrons. The molecule has 2 atom stereocenters. The van der Waals surface area contributed by atoms with Gasteiger partial charge in [0.15, 0.2) is 0 Å². The second-order valence-corrected chi connectivity index (χ2v) is 6.92. The van der Waals surface area contributed by atoms with Crippen LogP contribution in [0.4, 0.5) is 5.69 Å². The van der Waals surface area contributed by atoms with Crippen molar-refractivity contribution in [2.75, 3.05) is 31.6 Å². The summed E-state index contributed by atoms with van der Waals surface area (Å²) in [5.74, 6) is 1.73. The zero-order valence-electron chi connectivity index (χ0n) is 13.4. The summed E-state index contributed by atoms with van der Waals surface area (Å²) in [5, 5.41) is 3.69. The summed E-state index contributed by atoms with van der Waals surface area (Å²) in [4.78, 5) is 2.36. The smallest absolute Gasteiger partial charge is 0.0444 e. The van der Waals surface area contributed by atoms with E-state index in [1.165, 1.54) is 49.0 Å². The molecule has 1 fully saturated rings. The molecule has 3 nitrogen and oxygen atoms in total. The minimum atomic E-state index is 0.295. The normalized spacial score (nSPS) is 21.0. The van der Waals surface area contributed by atoms with Gasteiger partial charge in [-0.05, 0) is 61.3 Å². The SMILES string of the molecule is CC(CNC(CN)c1ccc2c(c1)CCCN2C)C1CC1. The van der Waals surface area contributed by atoms with Gasteiger partial charge in [0, 0.05) is 31.9 Å². The molecule has 1 saturated carbocycles. The maximum Gasteiger partial charge on any atom is 0.0444 e. The van der Waals surface area contributed by atoms with Gasteiger partial charge in [0.1, 0.15) is 0 Å². The van der Waals surface area contributed by atoms with Gasteiger partial charge in [-0.2, -0.15) is 0 Å². The fraction of sp³-hybridized carbons (Fsp3) is 0.667. The molecule has 21 heavy (non-hydrogen) atoms. The lowest BCUT2D eigenvalue weighted by Crippen LogP contribution is -2.32. The van der Waals surface area contributed by atoms with Gasteiger partial charge in [-0.3, -0.25) is 0 Å². The lowest BCUT2D eigenvalue weighted by molar-refractivity contribution is 0.422. The van der Waals surface area contributed by atoms with E-state index >= 15 is 0 Å². The highest BCUT2D eigenvalue weighted by Crippen LogP contribution is 2.36. The number of nitrogens with two attached hydrogens (primary N) is 1. The molecule has 0 bridgehead atoms. The maximum absolute atomic E-state index is 6.01. The van der Waals surface area contributed by atoms with Crippen LogP contribution in [-0.4, -0.2) is 26.7 Å². The van der Waals surface area contributed by atoms with E-state index < -0.39 is 0 Å². The number of anilines is 1. The monoisotopic (exact) mass is 287 g/mol. The van der Waals surface area contributed by atoms with E-state index in [-0.39, 0.29) is 0 Å². The zero-order valence-corrected chi connectivity index (χ0v) is 13.4. The molecule has 2 aliphatic rings. The number of aryl methyl sites for hydroxylation is 1. The van der Waals surface area contributed by atoms with E-state index in [9.17, 15) is 0 Å². The predicted octanol–water partition coefficient (Wildman–Crippen LogP) is 2.70. The molecule has 3 N–H and O–H groups in total. The fourth-order valence-corrected chi connectivity index (χ4v) is 3.52. The Balaban J connectivity index is 1.68. The van der Waals surface area contributed by atoms with Crippen molar-refractivity contribution in [3.63, 3.8) is 0 Å². The number of benzene rings is 1. The van der Waals surface area contributed by atoms with Crippen LogP contribution in [0.15, 0.2) is 18.2 Å². The Bertz CT molecular complexity index is 481. The second kappa shape index (κ2) is 6.37. The van der Waals surface area contributed by atoms with E-state index in [2.05, 4.69) is 42.4 Å². The highest BCUT2D eigenvalue weighted by atomic mass is 15.1. The van der Waals surface area contributed by atoms with Crippen LogP contribution in [0.2, 0.25) is 0 Å². The number of hydrogen-bond donors (Lipinski definition) is 2. The van der Waals surface area contributed by atoms with Crippen molar-refractivity contribution in [1.29, 1.82) is 0 Å². The lowest BCUT2D eigenvalue weighted by atomic mass is 9.96. The van der Waals surface area contributed by atoms with Crippen molar-refractivity contribution in [2.45, 2.75) is 38.6 Å². The molecular weight excluding hydrogens is 258 g/mol. The van der Waals surface area contributed by atoms with Crippen LogP contribution in [0.3, 0.4) is 0 Å². The van der Waals surface area contributed by atoms with Crippen LogP contribution in [0.5, 0.6) is 0 Å². The Labute approximate surface area is 128 Å². The van der Waals surface area contributed by atoms with Gasteiger partial charge in [-0.15, -0.1) is 0 Å². The van der Waals surface area contributed by atoms with Gasteiger partial charge in [-0.1, -0.05) is 19.1 Å². The first-order chi connectivity index (χ1) is 10.2. The molecule has 1 aromatic carbocycles. The first-order valence-corrected chi connectivity index (χ1v) is 8.46. The summed E-state index contributed by atoms with van der Waals surface area (Å²) in [6.07, 6.45) is 5.29. The van der Waals surface area contributed by atoms with Crippen molar-refractivity contribution in [1.82, 2.24) is 5.32 Å². The molecule has 1 aliphatic heterocycles. The van der Waals surface area contributed by atoms with Crippen LogP contribution >= 0.6 is 0 Å². The quantitative estimate of drug-likeness (QED) is 0.845. The van der Waals surface area contributed by atoms with Gasteiger partial charge in [-0.25, -0.2) is 0 Å². The maximum atomic E-state index is 6.01. The van der Waals surface area contributed by atoms with Crippen molar-refractivity contribution in [3.05, 3.63) is 29.3 Å². The summed E-state index contributed by atoms with van der Waals surface area (Å²) in [5.41, 5.74) is 10.2. The summed E-state index contributed by atoms with van der Waals surface area (Å²) < 4.78 is 0. The minimum absolute atomic E-state index is 0.295. The van der Waals surface area contributed by atoms with E-state index in [0.29, 0.717) is 12.6 Å². The average molecular weight is 287 g/mol. The third-order valence-electron chi connectivity index (χ3n) is 5.21. The highest BCUT2D eigenvalue weighted by Gasteiger charge is 2.28. The number of fused-ring (bicyclic) bond motifs is 1. The van der Waals surface area contributed by atoms with Crippen LogP contribution in [-0.2, 0) is 6.42 Å². The molecule has 1 aromatic rings. The van der Waals surface area contributed by atoms with Crippen molar-refractivity contribution in [3.8, 4) is 0 Å². The average Bonchev–Trinajstić information content (AvgIpc) is 3.32. The Morgan fingerprint density at radius 3 is 2.90 bits per heavy atom. The Morgan fingerprint density at radius 1 is 1.38 bits per heavy atom. The van der Waals surface area contributed by atoms with Crippen LogP contribution < -0.4 is 16.0 Å². The number of nitrogens with one attached hydrogen (secondary N) is 1. The zero-order chi connectivity index (χ0) is 14.8. The predicted molar refractivity (Wildman–Crippen MR) is 89.7 cm³/mol. The molecule has 3 rings (SSSR count). The van der Waals surface area contributed by atoms with Gasteiger partial charge in [0.25, 0.3) is 0 Å². The van der Waals surface area contributed by atoms with Gasteiger partial charge >= 0.3 is 0 Å². The molecule has 0 amide bonds. The van der Waals surface area contributed by atoms with Gasteiger partial charge in [0.2, 0.25) is 0 Å². The fourth-order valence-electron chi connectivity index (χ4n) is 3.52. The van der Waals surface area contributed by atoms with E-state index in [1.807, 2.05) is 0 Å². The minimum Gasteiger partial charge on any atom is -0.374 e.